The van der Waals surface area contributed by atoms with Crippen molar-refractivity contribution in [3.05, 3.63) is 59.0 Å². The molecule has 5 rings (SSSR count). The first-order valence-corrected chi connectivity index (χ1v) is 12.3. The molecule has 0 spiro atoms. The van der Waals surface area contributed by atoms with E-state index in [9.17, 15) is 4.79 Å². The Bertz CT molecular complexity index is 1390. The summed E-state index contributed by atoms with van der Waals surface area (Å²) >= 11 is 1.54. The van der Waals surface area contributed by atoms with Gasteiger partial charge in [0.15, 0.2) is 5.96 Å². The van der Waals surface area contributed by atoms with Crippen LogP contribution in [0.3, 0.4) is 0 Å². The fraction of sp³-hybridized carbons (Fsp3) is 0.280. The Morgan fingerprint density at radius 3 is 2.76 bits per heavy atom. The lowest BCUT2D eigenvalue weighted by Gasteiger charge is -2.30. The van der Waals surface area contributed by atoms with Crippen molar-refractivity contribution in [1.29, 1.82) is 0 Å². The van der Waals surface area contributed by atoms with E-state index in [-0.39, 0.29) is 29.9 Å². The van der Waals surface area contributed by atoms with Crippen molar-refractivity contribution in [1.82, 2.24) is 9.97 Å². The maximum atomic E-state index is 13.1. The number of benzene rings is 2. The summed E-state index contributed by atoms with van der Waals surface area (Å²) in [6.45, 7) is 2.03. The van der Waals surface area contributed by atoms with Crippen molar-refractivity contribution < 1.29 is 4.79 Å². The molecule has 2 atom stereocenters. The molecule has 0 radical (unpaired) electrons. The second-order valence-corrected chi connectivity index (χ2v) is 9.58. The first-order valence-electron chi connectivity index (χ1n) is 11.4. The summed E-state index contributed by atoms with van der Waals surface area (Å²) in [5.41, 5.74) is 13.8. The number of aromatic nitrogens is 2. The standard InChI is InChI=1S/C25H27N7OS/c1-14-10-11-18-16(12-14)22(28-19-7-3-4-8-20(19)29-24(26)27)31-25(30-18)32-23(33)17-13-34-21-9-5-2-6-15(17)21/h2,5-6,9-13,19-20H,3-4,7-8H2,1H3,(H4,26,27,29)(H2,28,30,31,32,33). The van der Waals surface area contributed by atoms with Gasteiger partial charge in [-0.1, -0.05) is 42.7 Å². The van der Waals surface area contributed by atoms with Gasteiger partial charge in [-0.05, 0) is 38.0 Å². The van der Waals surface area contributed by atoms with Crippen LogP contribution >= 0.6 is 11.3 Å². The minimum atomic E-state index is -0.231. The number of rotatable bonds is 5. The quantitative estimate of drug-likeness (QED) is 0.251. The molecule has 1 fully saturated rings. The van der Waals surface area contributed by atoms with E-state index >= 15 is 0 Å². The minimum absolute atomic E-state index is 0.0243. The summed E-state index contributed by atoms with van der Waals surface area (Å²) in [5, 5.41) is 10.1. The molecule has 0 bridgehead atoms. The fourth-order valence-corrected chi connectivity index (χ4v) is 5.47. The molecule has 2 aromatic heterocycles. The number of nitrogens with zero attached hydrogens (tertiary/aromatic N) is 3. The number of nitrogens with two attached hydrogens (primary N) is 2. The third-order valence-electron chi connectivity index (χ3n) is 6.17. The Hall–Kier alpha value is -3.72. The van der Waals surface area contributed by atoms with Crippen LogP contribution in [0.25, 0.3) is 21.0 Å². The molecule has 1 aliphatic rings. The van der Waals surface area contributed by atoms with E-state index < -0.39 is 0 Å². The molecule has 2 heterocycles. The highest BCUT2D eigenvalue weighted by Crippen LogP contribution is 2.30. The average molecular weight is 474 g/mol. The highest BCUT2D eigenvalue weighted by atomic mass is 32.1. The molecular weight excluding hydrogens is 446 g/mol. The number of hydrogen-bond donors (Lipinski definition) is 4. The number of carbonyl (C=O) groups excluding carboxylic acids is 1. The fourth-order valence-electron chi connectivity index (χ4n) is 4.53. The van der Waals surface area contributed by atoms with Crippen molar-refractivity contribution in [3.63, 3.8) is 0 Å². The predicted octanol–water partition coefficient (Wildman–Crippen LogP) is 4.40. The number of aryl methyl sites for hydroxylation is 1. The van der Waals surface area contributed by atoms with Crippen LogP contribution in [0, 0.1) is 6.92 Å². The number of guanidine groups is 1. The summed E-state index contributed by atoms with van der Waals surface area (Å²) in [5.74, 6) is 0.791. The van der Waals surface area contributed by atoms with Gasteiger partial charge in [-0.2, -0.15) is 4.98 Å². The van der Waals surface area contributed by atoms with Gasteiger partial charge < -0.3 is 16.8 Å². The molecule has 6 N–H and O–H groups in total. The molecule has 2 unspecified atom stereocenters. The van der Waals surface area contributed by atoms with Gasteiger partial charge in [0.2, 0.25) is 5.95 Å². The number of nitrogens with one attached hydrogen (secondary N) is 2. The maximum absolute atomic E-state index is 13.1. The van der Waals surface area contributed by atoms with Gasteiger partial charge in [0, 0.05) is 20.9 Å². The summed E-state index contributed by atoms with van der Waals surface area (Å²) in [6.07, 6.45) is 4.01. The first-order chi connectivity index (χ1) is 16.5. The van der Waals surface area contributed by atoms with Crippen LogP contribution in [-0.2, 0) is 0 Å². The number of thiophene rings is 1. The van der Waals surface area contributed by atoms with Gasteiger partial charge in [0.25, 0.3) is 5.91 Å². The number of hydrogen-bond acceptors (Lipinski definition) is 6. The summed E-state index contributed by atoms with van der Waals surface area (Å²) in [4.78, 5) is 26.9. The van der Waals surface area contributed by atoms with Crippen molar-refractivity contribution >= 4 is 56.0 Å². The number of fused-ring (bicyclic) bond motifs is 2. The monoisotopic (exact) mass is 473 g/mol. The molecular formula is C25H27N7OS. The second-order valence-electron chi connectivity index (χ2n) is 8.67. The largest absolute Gasteiger partial charge is 0.370 e. The molecule has 2 aromatic carbocycles. The van der Waals surface area contributed by atoms with Crippen LogP contribution in [0.15, 0.2) is 52.8 Å². The molecule has 8 nitrogen and oxygen atoms in total. The second kappa shape index (κ2) is 9.26. The minimum Gasteiger partial charge on any atom is -0.370 e. The SMILES string of the molecule is Cc1ccc2nc(NC(=O)c3csc4ccccc34)nc(NC3CCCCC3N=C(N)N)c2c1. The summed E-state index contributed by atoms with van der Waals surface area (Å²) in [6, 6.07) is 13.9. The number of amides is 1. The molecule has 1 aliphatic carbocycles. The number of anilines is 2. The predicted molar refractivity (Wildman–Crippen MR) is 140 cm³/mol. The third-order valence-corrected chi connectivity index (χ3v) is 7.13. The van der Waals surface area contributed by atoms with E-state index in [1.165, 1.54) is 0 Å². The van der Waals surface area contributed by atoms with Crippen molar-refractivity contribution in [2.24, 2.45) is 16.5 Å². The van der Waals surface area contributed by atoms with Crippen LogP contribution in [0.2, 0.25) is 0 Å². The van der Waals surface area contributed by atoms with Crippen LogP contribution < -0.4 is 22.1 Å². The molecule has 1 saturated carbocycles. The van der Waals surface area contributed by atoms with E-state index in [0.29, 0.717) is 11.4 Å². The molecule has 174 valence electrons. The van der Waals surface area contributed by atoms with Crippen LogP contribution in [0.5, 0.6) is 0 Å². The lowest BCUT2D eigenvalue weighted by Crippen LogP contribution is -2.38. The first kappa shape index (κ1) is 22.1. The molecule has 1 amide bonds. The molecule has 0 saturated heterocycles. The Labute approximate surface area is 201 Å². The van der Waals surface area contributed by atoms with Gasteiger partial charge in [0.05, 0.1) is 23.2 Å². The van der Waals surface area contributed by atoms with Gasteiger partial charge in [-0.25, -0.2) is 9.98 Å². The number of aliphatic imine (C=N–C) groups is 1. The van der Waals surface area contributed by atoms with Crippen molar-refractivity contribution in [2.75, 3.05) is 10.6 Å². The zero-order chi connectivity index (χ0) is 23.7. The van der Waals surface area contributed by atoms with E-state index in [1.807, 2.05) is 54.8 Å². The molecule has 9 heteroatoms. The molecule has 0 aliphatic heterocycles. The number of carbonyl (C=O) groups is 1. The topological polar surface area (TPSA) is 131 Å². The smallest absolute Gasteiger partial charge is 0.259 e. The lowest BCUT2D eigenvalue weighted by atomic mass is 9.90. The zero-order valence-electron chi connectivity index (χ0n) is 18.9. The average Bonchev–Trinajstić information content (AvgIpc) is 3.25. The lowest BCUT2D eigenvalue weighted by molar-refractivity contribution is 0.102. The van der Waals surface area contributed by atoms with E-state index in [4.69, 9.17) is 16.5 Å². The van der Waals surface area contributed by atoms with Crippen molar-refractivity contribution in [3.8, 4) is 0 Å². The normalized spacial score (nSPS) is 18.0. The van der Waals surface area contributed by atoms with Gasteiger partial charge in [0.1, 0.15) is 5.82 Å². The zero-order valence-corrected chi connectivity index (χ0v) is 19.7. The Kier molecular flexibility index (Phi) is 6.02. The van der Waals surface area contributed by atoms with E-state index in [0.717, 1.165) is 52.2 Å². The van der Waals surface area contributed by atoms with E-state index in [1.54, 1.807) is 11.3 Å². The van der Waals surface area contributed by atoms with Gasteiger partial charge >= 0.3 is 0 Å². The third kappa shape index (κ3) is 4.51. The molecule has 4 aromatic rings. The van der Waals surface area contributed by atoms with Crippen LogP contribution in [0.4, 0.5) is 11.8 Å². The van der Waals surface area contributed by atoms with Crippen LogP contribution in [-0.4, -0.2) is 33.9 Å². The Balaban J connectivity index is 1.49. The van der Waals surface area contributed by atoms with Crippen LogP contribution in [0.1, 0.15) is 41.6 Å². The van der Waals surface area contributed by atoms with E-state index in [2.05, 4.69) is 20.6 Å². The summed E-state index contributed by atoms with van der Waals surface area (Å²) in [7, 11) is 0. The van der Waals surface area contributed by atoms with Gasteiger partial charge in [-0.15, -0.1) is 11.3 Å². The summed E-state index contributed by atoms with van der Waals surface area (Å²) < 4.78 is 1.06. The Morgan fingerprint density at radius 1 is 1.09 bits per heavy atom. The maximum Gasteiger partial charge on any atom is 0.259 e. The molecule has 34 heavy (non-hydrogen) atoms. The van der Waals surface area contributed by atoms with Crippen molar-refractivity contribution in [2.45, 2.75) is 44.7 Å². The highest BCUT2D eigenvalue weighted by molar-refractivity contribution is 7.17. The highest BCUT2D eigenvalue weighted by Gasteiger charge is 2.26. The Morgan fingerprint density at radius 2 is 1.91 bits per heavy atom. The van der Waals surface area contributed by atoms with Gasteiger partial charge in [-0.3, -0.25) is 10.1 Å².